The van der Waals surface area contributed by atoms with E-state index < -0.39 is 11.5 Å². The normalized spacial score (nSPS) is 14.2. The van der Waals surface area contributed by atoms with Crippen LogP contribution in [0.2, 0.25) is 0 Å². The molecular weight excluding hydrogens is 256 g/mol. The summed E-state index contributed by atoms with van der Waals surface area (Å²) >= 11 is 0. The van der Waals surface area contributed by atoms with Gasteiger partial charge in [0.25, 0.3) is 0 Å². The summed E-state index contributed by atoms with van der Waals surface area (Å²) < 4.78 is 0. The average molecular weight is 276 g/mol. The molecule has 0 aliphatic carbocycles. The van der Waals surface area contributed by atoms with E-state index in [0.717, 1.165) is 11.1 Å². The molecule has 1 aliphatic rings. The highest BCUT2D eigenvalue weighted by molar-refractivity contribution is 5.89. The highest BCUT2D eigenvalue weighted by Crippen LogP contribution is 2.27. The standard InChI is InChI=1S/C15H20N2O3/c1-3-15(16,4-2)14(20)17-8-11-6-5-10(13(18)19)7-12(11)9-17/h5-7H,3-4,8-9,16H2,1-2H3,(H,18,19). The van der Waals surface area contributed by atoms with Gasteiger partial charge < -0.3 is 15.7 Å². The molecule has 5 nitrogen and oxygen atoms in total. The summed E-state index contributed by atoms with van der Waals surface area (Å²) in [5.74, 6) is -1.01. The second kappa shape index (κ2) is 5.25. The molecule has 0 radical (unpaired) electrons. The summed E-state index contributed by atoms with van der Waals surface area (Å²) in [6.07, 6.45) is 1.19. The molecule has 108 valence electrons. The summed E-state index contributed by atoms with van der Waals surface area (Å²) in [5.41, 5.74) is 7.47. The van der Waals surface area contributed by atoms with Gasteiger partial charge in [0, 0.05) is 13.1 Å². The fourth-order valence-electron chi connectivity index (χ4n) is 2.54. The number of hydrogen-bond donors (Lipinski definition) is 2. The molecule has 1 heterocycles. The van der Waals surface area contributed by atoms with Crippen LogP contribution in [0.25, 0.3) is 0 Å². The number of carbonyl (C=O) groups excluding carboxylic acids is 1. The van der Waals surface area contributed by atoms with Crippen LogP contribution >= 0.6 is 0 Å². The first kappa shape index (κ1) is 14.5. The van der Waals surface area contributed by atoms with Crippen LogP contribution in [0.5, 0.6) is 0 Å². The van der Waals surface area contributed by atoms with Crippen molar-refractivity contribution in [3.05, 3.63) is 34.9 Å². The Kier molecular flexibility index (Phi) is 3.81. The van der Waals surface area contributed by atoms with Gasteiger partial charge in [-0.15, -0.1) is 0 Å². The van der Waals surface area contributed by atoms with Gasteiger partial charge in [-0.3, -0.25) is 4.79 Å². The third-order valence-electron chi connectivity index (χ3n) is 4.15. The van der Waals surface area contributed by atoms with Gasteiger partial charge in [0.2, 0.25) is 5.91 Å². The largest absolute Gasteiger partial charge is 0.478 e. The molecule has 2 rings (SSSR count). The zero-order valence-electron chi connectivity index (χ0n) is 11.8. The van der Waals surface area contributed by atoms with Gasteiger partial charge in [-0.25, -0.2) is 4.79 Å². The maximum Gasteiger partial charge on any atom is 0.335 e. The van der Waals surface area contributed by atoms with Crippen LogP contribution in [0.15, 0.2) is 18.2 Å². The summed E-state index contributed by atoms with van der Waals surface area (Å²) in [4.78, 5) is 25.2. The summed E-state index contributed by atoms with van der Waals surface area (Å²) in [7, 11) is 0. The number of carboxylic acid groups (broad SMARTS) is 1. The van der Waals surface area contributed by atoms with Crippen molar-refractivity contribution in [3.8, 4) is 0 Å². The number of nitrogens with two attached hydrogens (primary N) is 1. The quantitative estimate of drug-likeness (QED) is 0.877. The predicted octanol–water partition coefficient (Wildman–Crippen LogP) is 1.74. The van der Waals surface area contributed by atoms with Gasteiger partial charge in [-0.05, 0) is 36.1 Å². The lowest BCUT2D eigenvalue weighted by atomic mass is 9.92. The number of amides is 1. The molecule has 0 unspecified atom stereocenters. The van der Waals surface area contributed by atoms with Gasteiger partial charge >= 0.3 is 5.97 Å². The first-order chi connectivity index (χ1) is 9.41. The Bertz CT molecular complexity index is 550. The third-order valence-corrected chi connectivity index (χ3v) is 4.15. The topological polar surface area (TPSA) is 83.6 Å². The van der Waals surface area contributed by atoms with E-state index in [4.69, 9.17) is 10.8 Å². The Morgan fingerprint density at radius 2 is 1.85 bits per heavy atom. The highest BCUT2D eigenvalue weighted by Gasteiger charge is 2.36. The van der Waals surface area contributed by atoms with E-state index in [1.165, 1.54) is 0 Å². The molecule has 0 saturated heterocycles. The lowest BCUT2D eigenvalue weighted by Gasteiger charge is -2.30. The van der Waals surface area contributed by atoms with Crippen molar-refractivity contribution in [1.29, 1.82) is 0 Å². The Labute approximate surface area is 118 Å². The Hall–Kier alpha value is -1.88. The molecule has 1 amide bonds. The number of aromatic carboxylic acids is 1. The fraction of sp³-hybridized carbons (Fsp3) is 0.467. The Morgan fingerprint density at radius 3 is 2.40 bits per heavy atom. The summed E-state index contributed by atoms with van der Waals surface area (Å²) in [6, 6.07) is 4.99. The van der Waals surface area contributed by atoms with Crippen LogP contribution < -0.4 is 5.73 Å². The van der Waals surface area contributed by atoms with Crippen LogP contribution in [0, 0.1) is 0 Å². The van der Waals surface area contributed by atoms with E-state index in [0.29, 0.717) is 25.9 Å². The van der Waals surface area contributed by atoms with Crippen molar-refractivity contribution in [2.75, 3.05) is 0 Å². The molecule has 0 atom stereocenters. The van der Waals surface area contributed by atoms with E-state index in [9.17, 15) is 9.59 Å². The van der Waals surface area contributed by atoms with Crippen LogP contribution in [0.1, 0.15) is 48.2 Å². The second-order valence-electron chi connectivity index (χ2n) is 5.31. The minimum absolute atomic E-state index is 0.0597. The van der Waals surface area contributed by atoms with Crippen molar-refractivity contribution in [2.24, 2.45) is 5.73 Å². The van der Waals surface area contributed by atoms with E-state index in [-0.39, 0.29) is 11.5 Å². The van der Waals surface area contributed by atoms with Gasteiger partial charge in [0.05, 0.1) is 11.1 Å². The monoisotopic (exact) mass is 276 g/mol. The molecule has 1 aromatic rings. The number of carboxylic acids is 1. The molecule has 20 heavy (non-hydrogen) atoms. The minimum Gasteiger partial charge on any atom is -0.478 e. The Balaban J connectivity index is 2.21. The number of benzene rings is 1. The van der Waals surface area contributed by atoms with Crippen molar-refractivity contribution < 1.29 is 14.7 Å². The molecule has 5 heteroatoms. The molecular formula is C15H20N2O3. The highest BCUT2D eigenvalue weighted by atomic mass is 16.4. The number of rotatable bonds is 4. The lowest BCUT2D eigenvalue weighted by Crippen LogP contribution is -2.53. The van der Waals surface area contributed by atoms with Crippen LogP contribution in [-0.4, -0.2) is 27.4 Å². The van der Waals surface area contributed by atoms with Crippen LogP contribution in [-0.2, 0) is 17.9 Å². The maximum atomic E-state index is 12.5. The second-order valence-corrected chi connectivity index (χ2v) is 5.31. The van der Waals surface area contributed by atoms with Gasteiger partial charge in [0.15, 0.2) is 0 Å². The smallest absolute Gasteiger partial charge is 0.335 e. The third kappa shape index (κ3) is 2.41. The number of hydrogen-bond acceptors (Lipinski definition) is 3. The number of fused-ring (bicyclic) bond motifs is 1. The predicted molar refractivity (Wildman–Crippen MR) is 75.2 cm³/mol. The zero-order valence-corrected chi connectivity index (χ0v) is 11.8. The molecule has 0 saturated carbocycles. The Morgan fingerprint density at radius 1 is 1.25 bits per heavy atom. The molecule has 0 bridgehead atoms. The van der Waals surface area contributed by atoms with Crippen molar-refractivity contribution in [3.63, 3.8) is 0 Å². The maximum absolute atomic E-state index is 12.5. The average Bonchev–Trinajstić information content (AvgIpc) is 2.88. The minimum atomic E-state index is -0.951. The van der Waals surface area contributed by atoms with E-state index >= 15 is 0 Å². The van der Waals surface area contributed by atoms with Crippen LogP contribution in [0.4, 0.5) is 0 Å². The van der Waals surface area contributed by atoms with Crippen molar-refractivity contribution in [1.82, 2.24) is 4.90 Å². The van der Waals surface area contributed by atoms with Gasteiger partial charge in [-0.2, -0.15) is 0 Å². The summed E-state index contributed by atoms with van der Waals surface area (Å²) in [5, 5.41) is 9.00. The number of nitrogens with zero attached hydrogens (tertiary/aromatic N) is 1. The fourth-order valence-corrected chi connectivity index (χ4v) is 2.54. The number of carbonyl (C=O) groups is 2. The SMILES string of the molecule is CCC(N)(CC)C(=O)N1Cc2ccc(C(=O)O)cc2C1. The summed E-state index contributed by atoms with van der Waals surface area (Å²) in [6.45, 7) is 4.77. The van der Waals surface area contributed by atoms with Gasteiger partial charge in [-0.1, -0.05) is 19.9 Å². The molecule has 0 fully saturated rings. The lowest BCUT2D eigenvalue weighted by molar-refractivity contribution is -0.138. The molecule has 1 aromatic carbocycles. The zero-order chi connectivity index (χ0) is 14.9. The van der Waals surface area contributed by atoms with Gasteiger partial charge in [0.1, 0.15) is 0 Å². The van der Waals surface area contributed by atoms with E-state index in [1.54, 1.807) is 23.1 Å². The van der Waals surface area contributed by atoms with E-state index in [2.05, 4.69) is 0 Å². The molecule has 3 N–H and O–H groups in total. The molecule has 0 spiro atoms. The first-order valence-corrected chi connectivity index (χ1v) is 6.84. The first-order valence-electron chi connectivity index (χ1n) is 6.84. The molecule has 1 aliphatic heterocycles. The van der Waals surface area contributed by atoms with E-state index in [1.807, 2.05) is 13.8 Å². The van der Waals surface area contributed by atoms with Crippen molar-refractivity contribution >= 4 is 11.9 Å². The van der Waals surface area contributed by atoms with Crippen LogP contribution in [0.3, 0.4) is 0 Å². The van der Waals surface area contributed by atoms with Crippen molar-refractivity contribution in [2.45, 2.75) is 45.3 Å². The molecule has 0 aromatic heterocycles.